The molecule has 0 aliphatic carbocycles. The van der Waals surface area contributed by atoms with Crippen LogP contribution < -0.4 is 0 Å². The Morgan fingerprint density at radius 3 is 2.42 bits per heavy atom. The van der Waals surface area contributed by atoms with Crippen LogP contribution in [0, 0.1) is 11.8 Å². The van der Waals surface area contributed by atoms with Crippen LogP contribution in [0.2, 0.25) is 0 Å². The number of aliphatic hydroxyl groups is 1. The molecular formula is C25H37N3O5. The maximum Gasteiger partial charge on any atom is 0.249 e. The number of ether oxygens (including phenoxy) is 1. The first-order valence-electron chi connectivity index (χ1n) is 12.5. The number of carbonyl (C=O) groups excluding carboxylic acids is 3. The van der Waals surface area contributed by atoms with Crippen molar-refractivity contribution >= 4 is 17.7 Å². The molecule has 4 aliphatic heterocycles. The van der Waals surface area contributed by atoms with Crippen molar-refractivity contribution in [2.24, 2.45) is 11.8 Å². The SMILES string of the molecule is CCCCN1CC=C[C@]23O[C@H]4C=CCN(CCC)C(=O)[C@H]4[C@H]2C(=O)N([C@@H](CC)CO)C3C1=O. The van der Waals surface area contributed by atoms with Gasteiger partial charge in [-0.2, -0.15) is 0 Å². The lowest BCUT2D eigenvalue weighted by Crippen LogP contribution is -2.58. The predicted molar refractivity (Wildman–Crippen MR) is 123 cm³/mol. The van der Waals surface area contributed by atoms with E-state index in [2.05, 4.69) is 6.92 Å². The molecule has 1 spiro atoms. The van der Waals surface area contributed by atoms with Crippen LogP contribution in [0.1, 0.15) is 46.5 Å². The Labute approximate surface area is 196 Å². The fourth-order valence-electron chi connectivity index (χ4n) is 6.00. The second-order valence-corrected chi connectivity index (χ2v) is 9.58. The van der Waals surface area contributed by atoms with E-state index in [-0.39, 0.29) is 24.3 Å². The van der Waals surface area contributed by atoms with Gasteiger partial charge in [-0.15, -0.1) is 0 Å². The van der Waals surface area contributed by atoms with E-state index < -0.39 is 35.6 Å². The van der Waals surface area contributed by atoms with Crippen LogP contribution in [-0.4, -0.2) is 94.1 Å². The van der Waals surface area contributed by atoms with Gasteiger partial charge in [-0.3, -0.25) is 14.4 Å². The summed E-state index contributed by atoms with van der Waals surface area (Å²) in [5.74, 6) is -1.97. The Hall–Kier alpha value is -2.19. The summed E-state index contributed by atoms with van der Waals surface area (Å²) in [6.45, 7) is 7.92. The minimum Gasteiger partial charge on any atom is -0.394 e. The van der Waals surface area contributed by atoms with Crippen LogP contribution in [-0.2, 0) is 19.1 Å². The van der Waals surface area contributed by atoms with Crippen molar-refractivity contribution in [3.63, 3.8) is 0 Å². The van der Waals surface area contributed by atoms with Gasteiger partial charge >= 0.3 is 0 Å². The number of hydrogen-bond donors (Lipinski definition) is 1. The molecule has 33 heavy (non-hydrogen) atoms. The molecule has 0 radical (unpaired) electrons. The van der Waals surface area contributed by atoms with E-state index in [1.807, 2.05) is 38.2 Å². The van der Waals surface area contributed by atoms with Crippen LogP contribution in [0.15, 0.2) is 24.3 Å². The number of rotatable bonds is 8. The highest BCUT2D eigenvalue weighted by Crippen LogP contribution is 2.54. The van der Waals surface area contributed by atoms with E-state index in [9.17, 15) is 19.5 Å². The molecule has 8 heteroatoms. The topological polar surface area (TPSA) is 90.4 Å². The van der Waals surface area contributed by atoms with Crippen LogP contribution >= 0.6 is 0 Å². The minimum atomic E-state index is -1.21. The van der Waals surface area contributed by atoms with Crippen molar-refractivity contribution in [1.29, 1.82) is 0 Å². The van der Waals surface area contributed by atoms with Gasteiger partial charge in [0.15, 0.2) is 0 Å². The lowest BCUT2D eigenvalue weighted by Gasteiger charge is -2.38. The summed E-state index contributed by atoms with van der Waals surface area (Å²) in [7, 11) is 0. The molecule has 4 rings (SSSR count). The highest BCUT2D eigenvalue weighted by Gasteiger charge is 2.72. The van der Waals surface area contributed by atoms with Gasteiger partial charge in [0.1, 0.15) is 11.6 Å². The van der Waals surface area contributed by atoms with Gasteiger partial charge in [0.05, 0.1) is 30.6 Å². The van der Waals surface area contributed by atoms with E-state index in [0.29, 0.717) is 32.6 Å². The molecule has 3 amide bonds. The molecule has 0 aromatic heterocycles. The van der Waals surface area contributed by atoms with Gasteiger partial charge in [0.25, 0.3) is 0 Å². The Bertz CT molecular complexity index is 838. The largest absolute Gasteiger partial charge is 0.394 e. The number of amides is 3. The quantitative estimate of drug-likeness (QED) is 0.554. The second kappa shape index (κ2) is 9.58. The fourth-order valence-corrected chi connectivity index (χ4v) is 6.00. The summed E-state index contributed by atoms with van der Waals surface area (Å²) in [6.07, 6.45) is 10.2. The number of nitrogens with zero attached hydrogens (tertiary/aromatic N) is 3. The third-order valence-electron chi connectivity index (χ3n) is 7.61. The van der Waals surface area contributed by atoms with Gasteiger partial charge < -0.3 is 24.5 Å². The minimum absolute atomic E-state index is 0.0901. The fraction of sp³-hybridized carbons (Fsp3) is 0.720. The van der Waals surface area contributed by atoms with Crippen LogP contribution in [0.5, 0.6) is 0 Å². The van der Waals surface area contributed by atoms with Gasteiger partial charge in [-0.05, 0) is 19.3 Å². The third-order valence-corrected chi connectivity index (χ3v) is 7.61. The number of carbonyl (C=O) groups is 3. The number of likely N-dealkylation sites (tertiary alicyclic amines) is 1. The highest BCUT2D eigenvalue weighted by molar-refractivity contribution is 6.00. The third kappa shape index (κ3) is 3.71. The van der Waals surface area contributed by atoms with Gasteiger partial charge in [-0.25, -0.2) is 0 Å². The van der Waals surface area contributed by atoms with E-state index in [0.717, 1.165) is 19.3 Å². The van der Waals surface area contributed by atoms with Crippen LogP contribution in [0.25, 0.3) is 0 Å². The van der Waals surface area contributed by atoms with Crippen LogP contribution in [0.3, 0.4) is 0 Å². The second-order valence-electron chi connectivity index (χ2n) is 9.58. The normalized spacial score (nSPS) is 34.3. The molecule has 6 atom stereocenters. The maximum absolute atomic E-state index is 14.0. The molecule has 2 fully saturated rings. The summed E-state index contributed by atoms with van der Waals surface area (Å²) in [5.41, 5.74) is -1.21. The first-order valence-corrected chi connectivity index (χ1v) is 12.5. The molecule has 0 bridgehead atoms. The Balaban J connectivity index is 1.81. The Kier molecular flexibility index (Phi) is 6.96. The molecule has 0 aromatic rings. The summed E-state index contributed by atoms with van der Waals surface area (Å²) >= 11 is 0. The van der Waals surface area contributed by atoms with Gasteiger partial charge in [0, 0.05) is 26.2 Å². The molecular weight excluding hydrogens is 422 g/mol. The Morgan fingerprint density at radius 2 is 1.76 bits per heavy atom. The summed E-state index contributed by atoms with van der Waals surface area (Å²) in [5, 5.41) is 10.1. The zero-order chi connectivity index (χ0) is 23.8. The smallest absolute Gasteiger partial charge is 0.249 e. The number of fused-ring (bicyclic) bond motifs is 2. The predicted octanol–water partition coefficient (Wildman–Crippen LogP) is 1.35. The van der Waals surface area contributed by atoms with Crippen molar-refractivity contribution in [3.8, 4) is 0 Å². The van der Waals surface area contributed by atoms with Crippen molar-refractivity contribution < 1.29 is 24.2 Å². The van der Waals surface area contributed by atoms with Crippen molar-refractivity contribution in [2.75, 3.05) is 32.8 Å². The van der Waals surface area contributed by atoms with Gasteiger partial charge in [-0.1, -0.05) is 51.5 Å². The zero-order valence-corrected chi connectivity index (χ0v) is 20.0. The van der Waals surface area contributed by atoms with Crippen LogP contribution in [0.4, 0.5) is 0 Å². The monoisotopic (exact) mass is 459 g/mol. The molecule has 2 saturated heterocycles. The average Bonchev–Trinajstić information content (AvgIpc) is 3.13. The molecule has 1 unspecified atom stereocenters. The van der Waals surface area contributed by atoms with E-state index in [4.69, 9.17) is 4.74 Å². The Morgan fingerprint density at radius 1 is 1.03 bits per heavy atom. The zero-order valence-electron chi connectivity index (χ0n) is 20.0. The van der Waals surface area contributed by atoms with Crippen molar-refractivity contribution in [3.05, 3.63) is 24.3 Å². The first-order chi connectivity index (χ1) is 15.9. The molecule has 1 N–H and O–H groups in total. The van der Waals surface area contributed by atoms with Crippen molar-refractivity contribution in [1.82, 2.24) is 14.7 Å². The first kappa shape index (κ1) is 24.0. The number of aliphatic hydroxyl groups excluding tert-OH is 1. The highest BCUT2D eigenvalue weighted by atomic mass is 16.5. The summed E-state index contributed by atoms with van der Waals surface area (Å²) in [6, 6.07) is -1.38. The molecule has 0 aromatic carbocycles. The van der Waals surface area contributed by atoms with Gasteiger partial charge in [0.2, 0.25) is 17.7 Å². The standard InChI is InChI=1S/C25H37N3O5/c1-4-7-13-27-15-9-11-25-20(23(31)28(17(6-3)16-29)21(25)24(27)32)19-18(33-25)10-8-14-26(12-5-2)22(19)30/h8-11,17-21,29H,4-7,12-16H2,1-3H3/t17-,18-,19+,20-,21?,25-/m0/s1. The lowest BCUT2D eigenvalue weighted by molar-refractivity contribution is -0.151. The van der Waals surface area contributed by atoms with E-state index in [1.165, 1.54) is 0 Å². The maximum atomic E-state index is 14.0. The number of unbranched alkanes of at least 4 members (excludes halogenated alkanes) is 1. The molecule has 4 aliphatic rings. The number of hydrogen-bond acceptors (Lipinski definition) is 5. The summed E-state index contributed by atoms with van der Waals surface area (Å²) < 4.78 is 6.59. The summed E-state index contributed by atoms with van der Waals surface area (Å²) in [4.78, 5) is 46.6. The molecule has 4 heterocycles. The molecule has 0 saturated carbocycles. The average molecular weight is 460 g/mol. The van der Waals surface area contributed by atoms with E-state index in [1.54, 1.807) is 14.7 Å². The van der Waals surface area contributed by atoms with Crippen molar-refractivity contribution in [2.45, 2.75) is 70.2 Å². The lowest BCUT2D eigenvalue weighted by atomic mass is 9.77. The molecule has 182 valence electrons. The molecule has 8 nitrogen and oxygen atoms in total. The van der Waals surface area contributed by atoms with E-state index >= 15 is 0 Å².